The number of thioether (sulfide) groups is 1. The summed E-state index contributed by atoms with van der Waals surface area (Å²) in [6, 6.07) is 5.99. The molecule has 0 radical (unpaired) electrons. The molecule has 76 valence electrons. The lowest BCUT2D eigenvalue weighted by molar-refractivity contribution is 0.0988. The van der Waals surface area contributed by atoms with Crippen LogP contribution in [-0.2, 0) is 0 Å². The summed E-state index contributed by atoms with van der Waals surface area (Å²) < 4.78 is 0. The first-order valence-corrected chi connectivity index (χ1v) is 6.14. The molecule has 0 aromatic heterocycles. The number of aryl methyl sites for hydroxylation is 2. The molecule has 0 saturated heterocycles. The monoisotopic (exact) mass is 208 g/mol. The number of hydrogen-bond acceptors (Lipinski definition) is 2. The van der Waals surface area contributed by atoms with Gasteiger partial charge in [0, 0.05) is 17.7 Å². The third-order valence-corrected chi connectivity index (χ3v) is 2.91. The lowest BCUT2D eigenvalue weighted by atomic mass is 9.98. The smallest absolute Gasteiger partial charge is 0.164 e. The molecule has 0 amide bonds. The molecular weight excluding hydrogens is 192 g/mol. The minimum atomic E-state index is 0.273. The second-order valence-electron chi connectivity index (χ2n) is 3.43. The molecule has 1 aromatic rings. The largest absolute Gasteiger partial charge is 0.294 e. The van der Waals surface area contributed by atoms with Gasteiger partial charge in [-0.05, 0) is 31.2 Å². The molecule has 1 nitrogen and oxygen atoms in total. The molecule has 1 aromatic carbocycles. The summed E-state index contributed by atoms with van der Waals surface area (Å²) in [6.07, 6.45) is 2.67. The minimum absolute atomic E-state index is 0.273. The van der Waals surface area contributed by atoms with E-state index in [4.69, 9.17) is 0 Å². The summed E-state index contributed by atoms with van der Waals surface area (Å²) in [5.41, 5.74) is 3.11. The van der Waals surface area contributed by atoms with Crippen molar-refractivity contribution in [3.8, 4) is 0 Å². The second kappa shape index (κ2) is 5.20. The minimum Gasteiger partial charge on any atom is -0.294 e. The fourth-order valence-corrected chi connectivity index (χ4v) is 1.96. The molecule has 1 rings (SSSR count). The summed E-state index contributed by atoms with van der Waals surface area (Å²) in [6.45, 7) is 4.00. The third-order valence-electron chi connectivity index (χ3n) is 2.29. The highest BCUT2D eigenvalue weighted by molar-refractivity contribution is 7.98. The normalized spacial score (nSPS) is 10.2. The fraction of sp³-hybridized carbons (Fsp3) is 0.417. The van der Waals surface area contributed by atoms with E-state index in [0.29, 0.717) is 6.42 Å². The maximum atomic E-state index is 11.8. The van der Waals surface area contributed by atoms with E-state index in [1.165, 1.54) is 0 Å². The van der Waals surface area contributed by atoms with Gasteiger partial charge in [0.1, 0.15) is 0 Å². The first-order chi connectivity index (χ1) is 6.66. The van der Waals surface area contributed by atoms with Gasteiger partial charge >= 0.3 is 0 Å². The molecule has 0 saturated carbocycles. The lowest BCUT2D eigenvalue weighted by Crippen LogP contribution is -2.05. The Balaban J connectivity index is 2.89. The van der Waals surface area contributed by atoms with Gasteiger partial charge in [0.05, 0.1) is 0 Å². The zero-order chi connectivity index (χ0) is 10.6. The number of carbonyl (C=O) groups is 1. The molecule has 14 heavy (non-hydrogen) atoms. The first kappa shape index (κ1) is 11.3. The fourth-order valence-electron chi connectivity index (χ4n) is 1.57. The first-order valence-electron chi connectivity index (χ1n) is 4.75. The quantitative estimate of drug-likeness (QED) is 0.707. The highest BCUT2D eigenvalue weighted by Gasteiger charge is 2.10. The lowest BCUT2D eigenvalue weighted by Gasteiger charge is -2.07. The number of rotatable bonds is 4. The summed E-state index contributed by atoms with van der Waals surface area (Å²) >= 11 is 1.72. The van der Waals surface area contributed by atoms with E-state index in [1.807, 2.05) is 38.3 Å². The Morgan fingerprint density at radius 3 is 2.36 bits per heavy atom. The van der Waals surface area contributed by atoms with Crippen LogP contribution < -0.4 is 0 Å². The molecule has 0 fully saturated rings. The standard InChI is InChI=1S/C12H16OS/c1-9-5-4-6-10(2)12(9)11(13)7-8-14-3/h4-6H,7-8H2,1-3H3. The molecule has 2 heteroatoms. The molecule has 0 heterocycles. The van der Waals surface area contributed by atoms with Crippen molar-refractivity contribution < 1.29 is 4.79 Å². The SMILES string of the molecule is CSCCC(=O)c1c(C)cccc1C. The molecular formula is C12H16OS. The summed E-state index contributed by atoms with van der Waals surface area (Å²) in [4.78, 5) is 11.8. The highest BCUT2D eigenvalue weighted by Crippen LogP contribution is 2.16. The molecule has 0 atom stereocenters. The van der Waals surface area contributed by atoms with Crippen LogP contribution in [0.2, 0.25) is 0 Å². The number of benzene rings is 1. The Kier molecular flexibility index (Phi) is 4.21. The Morgan fingerprint density at radius 2 is 1.86 bits per heavy atom. The van der Waals surface area contributed by atoms with Crippen molar-refractivity contribution in [3.63, 3.8) is 0 Å². The van der Waals surface area contributed by atoms with Gasteiger partial charge in [-0.3, -0.25) is 4.79 Å². The summed E-state index contributed by atoms with van der Waals surface area (Å²) in [7, 11) is 0. The molecule has 0 N–H and O–H groups in total. The molecule has 0 aliphatic carbocycles. The van der Waals surface area contributed by atoms with Crippen LogP contribution >= 0.6 is 11.8 Å². The Morgan fingerprint density at radius 1 is 1.29 bits per heavy atom. The molecule has 0 aliphatic rings. The van der Waals surface area contributed by atoms with E-state index in [-0.39, 0.29) is 5.78 Å². The van der Waals surface area contributed by atoms with Gasteiger partial charge in [0.2, 0.25) is 0 Å². The Hall–Kier alpha value is -0.760. The van der Waals surface area contributed by atoms with Crippen LogP contribution in [0.3, 0.4) is 0 Å². The Labute approximate surface area is 89.9 Å². The van der Waals surface area contributed by atoms with Gasteiger partial charge in [-0.25, -0.2) is 0 Å². The van der Waals surface area contributed by atoms with Crippen LogP contribution in [0.5, 0.6) is 0 Å². The van der Waals surface area contributed by atoms with E-state index in [0.717, 1.165) is 22.4 Å². The summed E-state index contributed by atoms with van der Waals surface area (Å²) in [5, 5.41) is 0. The van der Waals surface area contributed by atoms with Gasteiger partial charge in [0.25, 0.3) is 0 Å². The van der Waals surface area contributed by atoms with Gasteiger partial charge in [0.15, 0.2) is 5.78 Å². The molecule has 0 unspecified atom stereocenters. The maximum Gasteiger partial charge on any atom is 0.164 e. The molecule has 0 spiro atoms. The topological polar surface area (TPSA) is 17.1 Å². The Bertz CT molecular complexity index is 311. The van der Waals surface area contributed by atoms with Crippen molar-refractivity contribution in [1.29, 1.82) is 0 Å². The van der Waals surface area contributed by atoms with Gasteiger partial charge in [-0.15, -0.1) is 0 Å². The van der Waals surface area contributed by atoms with Crippen molar-refractivity contribution in [2.75, 3.05) is 12.0 Å². The van der Waals surface area contributed by atoms with Crippen LogP contribution in [-0.4, -0.2) is 17.8 Å². The molecule has 0 bridgehead atoms. The van der Waals surface area contributed by atoms with Crippen LogP contribution in [0.25, 0.3) is 0 Å². The average molecular weight is 208 g/mol. The van der Waals surface area contributed by atoms with E-state index in [1.54, 1.807) is 11.8 Å². The number of carbonyl (C=O) groups excluding carboxylic acids is 1. The predicted molar refractivity (Wildman–Crippen MR) is 63.2 cm³/mol. The van der Waals surface area contributed by atoms with Crippen molar-refractivity contribution in [1.82, 2.24) is 0 Å². The third kappa shape index (κ3) is 2.61. The number of ketones is 1. The van der Waals surface area contributed by atoms with Crippen LogP contribution in [0.15, 0.2) is 18.2 Å². The van der Waals surface area contributed by atoms with Crippen molar-refractivity contribution in [2.45, 2.75) is 20.3 Å². The average Bonchev–Trinajstić information content (AvgIpc) is 2.14. The maximum absolute atomic E-state index is 11.8. The second-order valence-corrected chi connectivity index (χ2v) is 4.42. The van der Waals surface area contributed by atoms with Gasteiger partial charge in [-0.2, -0.15) is 11.8 Å². The van der Waals surface area contributed by atoms with Crippen molar-refractivity contribution in [2.24, 2.45) is 0 Å². The van der Waals surface area contributed by atoms with E-state index in [2.05, 4.69) is 0 Å². The summed E-state index contributed by atoms with van der Waals surface area (Å²) in [5.74, 6) is 1.18. The predicted octanol–water partition coefficient (Wildman–Crippen LogP) is 3.24. The number of hydrogen-bond donors (Lipinski definition) is 0. The van der Waals surface area contributed by atoms with Gasteiger partial charge in [-0.1, -0.05) is 18.2 Å². The zero-order valence-corrected chi connectivity index (χ0v) is 9.78. The van der Waals surface area contributed by atoms with Crippen molar-refractivity contribution >= 4 is 17.5 Å². The van der Waals surface area contributed by atoms with Crippen LogP contribution in [0, 0.1) is 13.8 Å². The molecule has 0 aliphatic heterocycles. The van der Waals surface area contributed by atoms with Crippen LogP contribution in [0.1, 0.15) is 27.9 Å². The zero-order valence-electron chi connectivity index (χ0n) is 8.96. The highest BCUT2D eigenvalue weighted by atomic mass is 32.2. The number of Topliss-reactive ketones (excluding diaryl/α,β-unsaturated/α-hetero) is 1. The van der Waals surface area contributed by atoms with E-state index < -0.39 is 0 Å². The van der Waals surface area contributed by atoms with Gasteiger partial charge < -0.3 is 0 Å². The van der Waals surface area contributed by atoms with Crippen molar-refractivity contribution in [3.05, 3.63) is 34.9 Å². The van der Waals surface area contributed by atoms with E-state index in [9.17, 15) is 4.79 Å². The van der Waals surface area contributed by atoms with Crippen LogP contribution in [0.4, 0.5) is 0 Å². The van der Waals surface area contributed by atoms with E-state index >= 15 is 0 Å².